The van der Waals surface area contributed by atoms with Crippen LogP contribution in [0.1, 0.15) is 20.8 Å². The van der Waals surface area contributed by atoms with Crippen LogP contribution in [0.5, 0.6) is 5.75 Å². The summed E-state index contributed by atoms with van der Waals surface area (Å²) in [6.45, 7) is 8.56. The Morgan fingerprint density at radius 3 is 2.54 bits per heavy atom. The van der Waals surface area contributed by atoms with Crippen molar-refractivity contribution in [1.82, 2.24) is 4.74 Å². The lowest BCUT2D eigenvalue weighted by molar-refractivity contribution is 0.306. The third-order valence-electron chi connectivity index (χ3n) is 4.11. The molecule has 3 aromatic rings. The van der Waals surface area contributed by atoms with Crippen molar-refractivity contribution in [3.63, 3.8) is 0 Å². The Hall–Kier alpha value is -2.69. The third kappa shape index (κ3) is 2.77. The van der Waals surface area contributed by atoms with Gasteiger partial charge in [0.05, 0.1) is 17.5 Å². The van der Waals surface area contributed by atoms with Gasteiger partial charge in [-0.1, -0.05) is 12.1 Å². The van der Waals surface area contributed by atoms with Gasteiger partial charge in [-0.05, 0) is 45.0 Å². The highest BCUT2D eigenvalue weighted by molar-refractivity contribution is 5.80. The van der Waals surface area contributed by atoms with Crippen LogP contribution in [0.25, 0.3) is 16.6 Å². The minimum atomic E-state index is -0.346. The standard InChI is InChI=1S/C19H22N2O3/c1-4-20(5-2)14-11-12-17(18(13-14)23-6-3)21-16-10-8-7-9-15(16)19(22)24-21/h7-13H,4-6H2,1-3H3. The van der Waals surface area contributed by atoms with Gasteiger partial charge < -0.3 is 14.2 Å². The molecule has 2 aromatic carbocycles. The number of ether oxygens (including phenoxy) is 1. The molecule has 0 bridgehead atoms. The van der Waals surface area contributed by atoms with Crippen molar-refractivity contribution in [3.05, 3.63) is 52.9 Å². The van der Waals surface area contributed by atoms with E-state index < -0.39 is 0 Å². The molecule has 126 valence electrons. The van der Waals surface area contributed by atoms with Crippen LogP contribution in [0, 0.1) is 0 Å². The number of aromatic nitrogens is 1. The molecule has 0 amide bonds. The van der Waals surface area contributed by atoms with Gasteiger partial charge in [0.2, 0.25) is 0 Å². The molecule has 5 nitrogen and oxygen atoms in total. The second-order valence-electron chi connectivity index (χ2n) is 5.45. The van der Waals surface area contributed by atoms with E-state index in [0.717, 1.165) is 30.0 Å². The first-order chi connectivity index (χ1) is 11.7. The maximum absolute atomic E-state index is 12.1. The molecular weight excluding hydrogens is 304 g/mol. The molecule has 24 heavy (non-hydrogen) atoms. The summed E-state index contributed by atoms with van der Waals surface area (Å²) in [4.78, 5) is 14.3. The van der Waals surface area contributed by atoms with E-state index in [1.54, 1.807) is 10.8 Å². The monoisotopic (exact) mass is 326 g/mol. The maximum atomic E-state index is 12.1. The number of rotatable bonds is 6. The van der Waals surface area contributed by atoms with E-state index >= 15 is 0 Å². The maximum Gasteiger partial charge on any atom is 0.365 e. The Labute approximate surface area is 141 Å². The van der Waals surface area contributed by atoms with Crippen molar-refractivity contribution in [1.29, 1.82) is 0 Å². The van der Waals surface area contributed by atoms with Crippen LogP contribution in [0.4, 0.5) is 5.69 Å². The Kier molecular flexibility index (Phi) is 4.60. The quantitative estimate of drug-likeness (QED) is 0.691. The lowest BCUT2D eigenvalue weighted by Crippen LogP contribution is -2.21. The van der Waals surface area contributed by atoms with E-state index in [4.69, 9.17) is 9.26 Å². The van der Waals surface area contributed by atoms with E-state index in [1.165, 1.54) is 0 Å². The van der Waals surface area contributed by atoms with Gasteiger partial charge in [-0.25, -0.2) is 4.79 Å². The number of hydrogen-bond donors (Lipinski definition) is 0. The molecule has 0 N–H and O–H groups in total. The normalized spacial score (nSPS) is 11.0. The molecule has 3 rings (SSSR count). The first kappa shape index (κ1) is 16.2. The lowest BCUT2D eigenvalue weighted by atomic mass is 10.2. The van der Waals surface area contributed by atoms with Gasteiger partial charge >= 0.3 is 5.63 Å². The number of para-hydroxylation sites is 1. The zero-order valence-electron chi connectivity index (χ0n) is 14.3. The predicted molar refractivity (Wildman–Crippen MR) is 96.5 cm³/mol. The van der Waals surface area contributed by atoms with Gasteiger partial charge in [0.15, 0.2) is 0 Å². The molecule has 0 saturated heterocycles. The number of benzene rings is 2. The first-order valence-corrected chi connectivity index (χ1v) is 8.32. The largest absolute Gasteiger partial charge is 0.491 e. The minimum absolute atomic E-state index is 0.346. The minimum Gasteiger partial charge on any atom is -0.491 e. The Balaban J connectivity index is 2.17. The summed E-state index contributed by atoms with van der Waals surface area (Å²) in [6.07, 6.45) is 0. The molecule has 0 radical (unpaired) electrons. The highest BCUT2D eigenvalue weighted by Gasteiger charge is 2.15. The van der Waals surface area contributed by atoms with Crippen molar-refractivity contribution in [2.24, 2.45) is 0 Å². The second kappa shape index (κ2) is 6.83. The fourth-order valence-electron chi connectivity index (χ4n) is 2.91. The topological polar surface area (TPSA) is 47.6 Å². The van der Waals surface area contributed by atoms with Gasteiger partial charge in [0.25, 0.3) is 0 Å². The van der Waals surface area contributed by atoms with Gasteiger partial charge in [0, 0.05) is 24.8 Å². The van der Waals surface area contributed by atoms with E-state index in [2.05, 4.69) is 18.7 Å². The van der Waals surface area contributed by atoms with Crippen LogP contribution in [-0.2, 0) is 0 Å². The average molecular weight is 326 g/mol. The molecule has 0 fully saturated rings. The lowest BCUT2D eigenvalue weighted by Gasteiger charge is -2.22. The summed E-state index contributed by atoms with van der Waals surface area (Å²) in [7, 11) is 0. The highest BCUT2D eigenvalue weighted by Crippen LogP contribution is 2.30. The summed E-state index contributed by atoms with van der Waals surface area (Å²) < 4.78 is 12.8. The number of anilines is 1. The molecule has 1 aromatic heterocycles. The molecule has 0 aliphatic rings. The van der Waals surface area contributed by atoms with Crippen LogP contribution in [0.15, 0.2) is 51.8 Å². The van der Waals surface area contributed by atoms with Crippen molar-refractivity contribution in [3.8, 4) is 11.4 Å². The molecule has 0 spiro atoms. The van der Waals surface area contributed by atoms with E-state index in [1.807, 2.05) is 43.3 Å². The highest BCUT2D eigenvalue weighted by atomic mass is 16.5. The molecule has 0 aliphatic heterocycles. The van der Waals surface area contributed by atoms with Crippen molar-refractivity contribution in [2.75, 3.05) is 24.6 Å². The van der Waals surface area contributed by atoms with Gasteiger partial charge in [-0.15, -0.1) is 0 Å². The predicted octanol–water partition coefficient (Wildman–Crippen LogP) is 3.83. The van der Waals surface area contributed by atoms with Crippen LogP contribution in [0.2, 0.25) is 0 Å². The SMILES string of the molecule is CCOc1cc(N(CC)CC)ccc1-n1oc(=O)c2ccccc21. The fourth-order valence-corrected chi connectivity index (χ4v) is 2.91. The molecule has 1 heterocycles. The Bertz CT molecular complexity index is 891. The number of nitrogens with zero attached hydrogens (tertiary/aromatic N) is 2. The number of fused-ring (bicyclic) bond motifs is 1. The van der Waals surface area contributed by atoms with E-state index in [0.29, 0.717) is 17.7 Å². The van der Waals surface area contributed by atoms with E-state index in [-0.39, 0.29) is 5.63 Å². The first-order valence-electron chi connectivity index (χ1n) is 8.32. The summed E-state index contributed by atoms with van der Waals surface area (Å²) in [5.41, 5.74) is 2.21. The molecular formula is C19H22N2O3. The van der Waals surface area contributed by atoms with Crippen molar-refractivity contribution >= 4 is 16.6 Å². The number of hydrogen-bond acceptors (Lipinski definition) is 4. The third-order valence-corrected chi connectivity index (χ3v) is 4.11. The fraction of sp³-hybridized carbons (Fsp3) is 0.316. The van der Waals surface area contributed by atoms with Crippen LogP contribution in [0.3, 0.4) is 0 Å². The Morgan fingerprint density at radius 1 is 1.08 bits per heavy atom. The van der Waals surface area contributed by atoms with E-state index in [9.17, 15) is 4.79 Å². The van der Waals surface area contributed by atoms with Crippen LogP contribution < -0.4 is 15.3 Å². The van der Waals surface area contributed by atoms with Crippen molar-refractivity contribution < 1.29 is 9.26 Å². The summed E-state index contributed by atoms with van der Waals surface area (Å²) in [5.74, 6) is 0.700. The van der Waals surface area contributed by atoms with Crippen molar-refractivity contribution in [2.45, 2.75) is 20.8 Å². The van der Waals surface area contributed by atoms with Gasteiger partial charge in [-0.3, -0.25) is 0 Å². The second-order valence-corrected chi connectivity index (χ2v) is 5.45. The molecule has 0 saturated carbocycles. The summed E-state index contributed by atoms with van der Waals surface area (Å²) >= 11 is 0. The average Bonchev–Trinajstić information content (AvgIpc) is 2.94. The summed E-state index contributed by atoms with van der Waals surface area (Å²) in [6, 6.07) is 13.3. The molecule has 5 heteroatoms. The zero-order chi connectivity index (χ0) is 17.1. The van der Waals surface area contributed by atoms with Gasteiger partial charge in [0.1, 0.15) is 11.4 Å². The molecule has 0 atom stereocenters. The van der Waals surface area contributed by atoms with Crippen LogP contribution in [-0.4, -0.2) is 24.4 Å². The smallest absolute Gasteiger partial charge is 0.365 e. The Morgan fingerprint density at radius 2 is 1.83 bits per heavy atom. The molecule has 0 aliphatic carbocycles. The van der Waals surface area contributed by atoms with Crippen LogP contribution >= 0.6 is 0 Å². The summed E-state index contributed by atoms with van der Waals surface area (Å²) in [5, 5.41) is 0.563. The zero-order valence-corrected chi connectivity index (χ0v) is 14.3. The molecule has 0 unspecified atom stereocenters. The van der Waals surface area contributed by atoms with Gasteiger partial charge in [-0.2, -0.15) is 4.74 Å².